The third-order valence-corrected chi connectivity index (χ3v) is 9.13. The normalized spacial score (nSPS) is 18.9. The number of carbonyl (C=O) groups excluding carboxylic acids is 2. The molecule has 7 heteroatoms. The Morgan fingerprint density at radius 3 is 2.49 bits per heavy atom. The Morgan fingerprint density at radius 1 is 0.878 bits per heavy atom. The van der Waals surface area contributed by atoms with Gasteiger partial charge in [-0.2, -0.15) is 0 Å². The largest absolute Gasteiger partial charge is 0.369 e. The Morgan fingerprint density at radius 2 is 1.68 bits per heavy atom. The molecule has 3 heterocycles. The van der Waals surface area contributed by atoms with Gasteiger partial charge < -0.3 is 14.7 Å². The Balaban J connectivity index is 1.05. The fraction of sp³-hybridized carbons (Fsp3) is 0.412. The molecule has 1 atom stereocenters. The maximum Gasteiger partial charge on any atom is 0.250 e. The average molecular weight is 571 g/mol. The van der Waals surface area contributed by atoms with Crippen LogP contribution in [0.4, 0.5) is 17.1 Å². The highest BCUT2D eigenvalue weighted by molar-refractivity contribution is 6.30. The van der Waals surface area contributed by atoms with Crippen molar-refractivity contribution in [2.24, 2.45) is 0 Å². The number of nitrogens with zero attached hydrogens (tertiary/aromatic N) is 4. The van der Waals surface area contributed by atoms with Crippen molar-refractivity contribution in [3.05, 3.63) is 88.4 Å². The van der Waals surface area contributed by atoms with Crippen molar-refractivity contribution in [3.8, 4) is 0 Å². The van der Waals surface area contributed by atoms with E-state index in [-0.39, 0.29) is 17.7 Å². The van der Waals surface area contributed by atoms with Gasteiger partial charge in [-0.15, -0.1) is 0 Å². The van der Waals surface area contributed by atoms with E-state index in [1.165, 1.54) is 11.3 Å². The SMILES string of the molecule is Cc1ccc(Cl)cc1N1CCN(CCCCC(=O)c2ccc3c(c2)N(Cc2ccccc2)C(=O)C2CCCN32)CC1. The van der Waals surface area contributed by atoms with Gasteiger partial charge in [0.15, 0.2) is 5.78 Å². The Kier molecular flexibility index (Phi) is 8.31. The number of piperazine rings is 1. The van der Waals surface area contributed by atoms with E-state index in [0.717, 1.165) is 86.9 Å². The number of amides is 1. The smallest absolute Gasteiger partial charge is 0.250 e. The van der Waals surface area contributed by atoms with E-state index < -0.39 is 0 Å². The second kappa shape index (κ2) is 12.3. The van der Waals surface area contributed by atoms with Gasteiger partial charge in [0, 0.05) is 55.4 Å². The predicted molar refractivity (Wildman–Crippen MR) is 167 cm³/mol. The second-order valence-electron chi connectivity index (χ2n) is 11.6. The van der Waals surface area contributed by atoms with Crippen molar-refractivity contribution in [1.82, 2.24) is 4.90 Å². The zero-order valence-electron chi connectivity index (χ0n) is 23.9. The van der Waals surface area contributed by atoms with Crippen LogP contribution in [0.2, 0.25) is 5.02 Å². The van der Waals surface area contributed by atoms with Crippen LogP contribution in [0.15, 0.2) is 66.7 Å². The van der Waals surface area contributed by atoms with Crippen molar-refractivity contribution in [3.63, 3.8) is 0 Å². The first kappa shape index (κ1) is 27.8. The van der Waals surface area contributed by atoms with Gasteiger partial charge in [0.1, 0.15) is 6.04 Å². The Labute approximate surface area is 248 Å². The maximum atomic E-state index is 13.5. The summed E-state index contributed by atoms with van der Waals surface area (Å²) in [6.07, 6.45) is 4.30. The molecule has 2 fully saturated rings. The van der Waals surface area contributed by atoms with Crippen LogP contribution in [0.3, 0.4) is 0 Å². The highest BCUT2D eigenvalue weighted by Gasteiger charge is 2.41. The van der Waals surface area contributed by atoms with Crippen molar-refractivity contribution < 1.29 is 9.59 Å². The average Bonchev–Trinajstić information content (AvgIpc) is 3.50. The number of hydrogen-bond acceptors (Lipinski definition) is 5. The maximum absolute atomic E-state index is 13.5. The molecule has 1 unspecified atom stereocenters. The molecule has 0 bridgehead atoms. The summed E-state index contributed by atoms with van der Waals surface area (Å²) in [5, 5.41) is 0.785. The molecular formula is C34H39ClN4O2. The minimum Gasteiger partial charge on any atom is -0.369 e. The van der Waals surface area contributed by atoms with Gasteiger partial charge in [0.2, 0.25) is 5.91 Å². The summed E-state index contributed by atoms with van der Waals surface area (Å²) in [5.41, 5.74) is 6.24. The van der Waals surface area contributed by atoms with E-state index in [9.17, 15) is 9.59 Å². The highest BCUT2D eigenvalue weighted by Crippen LogP contribution is 2.41. The minimum atomic E-state index is -0.0934. The van der Waals surface area contributed by atoms with E-state index in [4.69, 9.17) is 11.6 Å². The van der Waals surface area contributed by atoms with Crippen LogP contribution in [0.1, 0.15) is 53.6 Å². The summed E-state index contributed by atoms with van der Waals surface area (Å²) in [5.74, 6) is 0.304. The molecule has 0 spiro atoms. The summed E-state index contributed by atoms with van der Waals surface area (Å²) >= 11 is 6.24. The number of hydrogen-bond donors (Lipinski definition) is 0. The quantitative estimate of drug-likeness (QED) is 0.222. The molecule has 0 aromatic heterocycles. The molecule has 0 saturated carbocycles. The lowest BCUT2D eigenvalue weighted by Gasteiger charge is -2.39. The first-order chi connectivity index (χ1) is 20.0. The third kappa shape index (κ3) is 6.00. The van der Waals surface area contributed by atoms with Crippen LogP contribution in [0.25, 0.3) is 0 Å². The fourth-order valence-corrected chi connectivity index (χ4v) is 6.76. The molecule has 0 N–H and O–H groups in total. The lowest BCUT2D eigenvalue weighted by molar-refractivity contribution is -0.120. The lowest BCUT2D eigenvalue weighted by atomic mass is 10.00. The Hall–Kier alpha value is -3.35. The van der Waals surface area contributed by atoms with E-state index >= 15 is 0 Å². The van der Waals surface area contributed by atoms with Gasteiger partial charge in [-0.1, -0.05) is 48.0 Å². The number of Topliss-reactive ketones (excluding diaryl/α,β-unsaturated/α-hetero) is 1. The summed E-state index contributed by atoms with van der Waals surface area (Å²) in [7, 11) is 0. The van der Waals surface area contributed by atoms with Crippen molar-refractivity contribution >= 4 is 40.4 Å². The zero-order valence-corrected chi connectivity index (χ0v) is 24.7. The minimum absolute atomic E-state index is 0.0934. The van der Waals surface area contributed by atoms with Gasteiger partial charge in [-0.3, -0.25) is 14.5 Å². The topological polar surface area (TPSA) is 47.1 Å². The number of ketones is 1. The van der Waals surface area contributed by atoms with Gasteiger partial charge >= 0.3 is 0 Å². The molecule has 3 aromatic carbocycles. The van der Waals surface area contributed by atoms with E-state index in [2.05, 4.69) is 52.0 Å². The van der Waals surface area contributed by atoms with Crippen molar-refractivity contribution in [1.29, 1.82) is 0 Å². The van der Waals surface area contributed by atoms with Gasteiger partial charge in [0.05, 0.1) is 17.9 Å². The fourth-order valence-electron chi connectivity index (χ4n) is 6.60. The van der Waals surface area contributed by atoms with Crippen LogP contribution >= 0.6 is 11.6 Å². The Bertz CT molecular complexity index is 1400. The molecular weight excluding hydrogens is 532 g/mol. The monoisotopic (exact) mass is 570 g/mol. The number of unbranched alkanes of at least 4 members (excludes halogenated alkanes) is 1. The number of fused-ring (bicyclic) bond motifs is 3. The molecule has 0 aliphatic carbocycles. The van der Waals surface area contributed by atoms with E-state index in [1.54, 1.807) is 0 Å². The first-order valence-corrected chi connectivity index (χ1v) is 15.4. The molecule has 3 aliphatic rings. The number of anilines is 3. The van der Waals surface area contributed by atoms with Crippen molar-refractivity contribution in [2.75, 3.05) is 54.0 Å². The summed E-state index contributed by atoms with van der Waals surface area (Å²) in [6, 6.07) is 22.1. The summed E-state index contributed by atoms with van der Waals surface area (Å²) in [4.78, 5) is 35.9. The van der Waals surface area contributed by atoms with Crippen LogP contribution < -0.4 is 14.7 Å². The standard InChI is InChI=1S/C34H39ClN4O2/c1-25-12-14-28(35)23-31(25)37-20-18-36(19-21-37)16-6-5-11-33(40)27-13-15-29-32(22-27)39(24-26-8-3-2-4-9-26)34(41)30-10-7-17-38(29)30/h2-4,8-9,12-15,22-23,30H,5-7,10-11,16-21,24H2,1H3. The molecule has 0 radical (unpaired) electrons. The van der Waals surface area contributed by atoms with Gasteiger partial charge in [-0.05, 0) is 80.6 Å². The van der Waals surface area contributed by atoms with Crippen LogP contribution in [-0.2, 0) is 11.3 Å². The third-order valence-electron chi connectivity index (χ3n) is 8.90. The second-order valence-corrected chi connectivity index (χ2v) is 12.0. The molecule has 1 amide bonds. The van der Waals surface area contributed by atoms with E-state index in [0.29, 0.717) is 18.5 Å². The molecule has 6 nitrogen and oxygen atoms in total. The number of rotatable bonds is 9. The summed E-state index contributed by atoms with van der Waals surface area (Å²) in [6.45, 7) is 8.59. The molecule has 3 aromatic rings. The van der Waals surface area contributed by atoms with Gasteiger partial charge in [0.25, 0.3) is 0 Å². The van der Waals surface area contributed by atoms with E-state index in [1.807, 2.05) is 41.3 Å². The first-order valence-electron chi connectivity index (χ1n) is 15.0. The van der Waals surface area contributed by atoms with Crippen LogP contribution in [-0.4, -0.2) is 61.9 Å². The van der Waals surface area contributed by atoms with Crippen LogP contribution in [0.5, 0.6) is 0 Å². The molecule has 214 valence electrons. The lowest BCUT2D eigenvalue weighted by Crippen LogP contribution is -2.50. The molecule has 2 saturated heterocycles. The number of halogens is 1. The summed E-state index contributed by atoms with van der Waals surface area (Å²) < 4.78 is 0. The van der Waals surface area contributed by atoms with Crippen LogP contribution in [0, 0.1) is 6.92 Å². The molecule has 6 rings (SSSR count). The molecule has 41 heavy (non-hydrogen) atoms. The van der Waals surface area contributed by atoms with Gasteiger partial charge in [-0.25, -0.2) is 0 Å². The highest BCUT2D eigenvalue weighted by atomic mass is 35.5. The number of aryl methyl sites for hydroxylation is 1. The zero-order chi connectivity index (χ0) is 28.3. The number of benzene rings is 3. The molecule has 3 aliphatic heterocycles. The number of carbonyl (C=O) groups is 2. The van der Waals surface area contributed by atoms with Crippen molar-refractivity contribution in [2.45, 2.75) is 51.6 Å². The predicted octanol–water partition coefficient (Wildman–Crippen LogP) is 6.34.